The highest BCUT2D eigenvalue weighted by molar-refractivity contribution is 5.91. The quantitative estimate of drug-likeness (QED) is 0.692. The molecule has 1 aliphatic rings. The van der Waals surface area contributed by atoms with E-state index in [4.69, 9.17) is 0 Å². The zero-order valence-corrected chi connectivity index (χ0v) is 9.46. The second kappa shape index (κ2) is 3.27. The molecule has 2 aromatic carbocycles. The van der Waals surface area contributed by atoms with Gasteiger partial charge in [0.25, 0.3) is 0 Å². The van der Waals surface area contributed by atoms with Crippen molar-refractivity contribution in [2.45, 2.75) is 13.8 Å². The zero-order valence-electron chi connectivity index (χ0n) is 9.46. The lowest BCUT2D eigenvalue weighted by Gasteiger charge is -2.23. The van der Waals surface area contributed by atoms with Crippen molar-refractivity contribution in [1.82, 2.24) is 0 Å². The number of benzene rings is 2. The molecule has 0 saturated heterocycles. The molecule has 3 rings (SSSR count). The van der Waals surface area contributed by atoms with Crippen molar-refractivity contribution in [2.24, 2.45) is 0 Å². The molecule has 0 aliphatic carbocycles. The van der Waals surface area contributed by atoms with Crippen molar-refractivity contribution < 1.29 is 0 Å². The van der Waals surface area contributed by atoms with E-state index in [9.17, 15) is 0 Å². The number of rotatable bonds is 0. The van der Waals surface area contributed by atoms with Gasteiger partial charge >= 0.3 is 0 Å². The Bertz CT molecular complexity index is 507. The fourth-order valence-corrected chi connectivity index (χ4v) is 2.11. The number of fused-ring (bicyclic) bond motifs is 3. The molecule has 0 saturated carbocycles. The average Bonchev–Trinajstić information content (AvgIpc) is 2.29. The molecule has 2 nitrogen and oxygen atoms in total. The topological polar surface area (TPSA) is 24.1 Å². The fraction of sp³-hybridized carbons (Fsp3) is 0.143. The van der Waals surface area contributed by atoms with Gasteiger partial charge in [-0.05, 0) is 38.1 Å². The lowest BCUT2D eigenvalue weighted by molar-refractivity contribution is 1.33. The first-order valence-corrected chi connectivity index (χ1v) is 5.48. The number of anilines is 2. The van der Waals surface area contributed by atoms with Gasteiger partial charge < -0.3 is 10.9 Å². The fourth-order valence-electron chi connectivity index (χ4n) is 2.11. The maximum Gasteiger partial charge on any atom is 0.0619 e. The number of hydrogen-bond acceptors (Lipinski definition) is 2. The SMILES string of the molecule is Cc1ccc2c(c1)-c1cc(C)ccc1NN2. The molecule has 0 spiro atoms. The average molecular weight is 210 g/mol. The molecule has 0 amide bonds. The lowest BCUT2D eigenvalue weighted by Crippen LogP contribution is -2.15. The minimum atomic E-state index is 1.14. The molecule has 0 atom stereocenters. The van der Waals surface area contributed by atoms with Gasteiger partial charge in [-0.2, -0.15) is 0 Å². The molecule has 0 unspecified atom stereocenters. The Morgan fingerprint density at radius 1 is 0.688 bits per heavy atom. The van der Waals surface area contributed by atoms with Gasteiger partial charge in [0, 0.05) is 11.1 Å². The maximum absolute atomic E-state index is 3.22. The standard InChI is InChI=1S/C14H14N2/c1-9-3-5-13-11(7-9)12-8-10(2)4-6-14(12)16-15-13/h3-8,15-16H,1-2H3. The summed E-state index contributed by atoms with van der Waals surface area (Å²) in [6, 6.07) is 12.9. The first-order chi connectivity index (χ1) is 7.74. The molecule has 1 heterocycles. The number of nitrogens with one attached hydrogen (secondary N) is 2. The van der Waals surface area contributed by atoms with E-state index < -0.39 is 0 Å². The highest BCUT2D eigenvalue weighted by Crippen LogP contribution is 2.38. The Morgan fingerprint density at radius 3 is 1.56 bits per heavy atom. The van der Waals surface area contributed by atoms with E-state index in [1.165, 1.54) is 22.3 Å². The molecule has 0 aromatic heterocycles. The van der Waals surface area contributed by atoms with Crippen LogP contribution in [0, 0.1) is 13.8 Å². The van der Waals surface area contributed by atoms with Crippen LogP contribution in [-0.2, 0) is 0 Å². The van der Waals surface area contributed by atoms with Crippen LogP contribution < -0.4 is 10.9 Å². The van der Waals surface area contributed by atoms with Crippen molar-refractivity contribution in [3.8, 4) is 11.1 Å². The van der Waals surface area contributed by atoms with Gasteiger partial charge in [0.2, 0.25) is 0 Å². The third-order valence-electron chi connectivity index (χ3n) is 2.97. The summed E-state index contributed by atoms with van der Waals surface area (Å²) in [4.78, 5) is 0. The third kappa shape index (κ3) is 1.34. The van der Waals surface area contributed by atoms with E-state index in [1.54, 1.807) is 0 Å². The van der Waals surface area contributed by atoms with Gasteiger partial charge in [0.1, 0.15) is 0 Å². The van der Waals surface area contributed by atoms with Crippen molar-refractivity contribution in [3.05, 3.63) is 47.5 Å². The summed E-state index contributed by atoms with van der Waals surface area (Å²) < 4.78 is 0. The Balaban J connectivity index is 2.28. The van der Waals surface area contributed by atoms with Gasteiger partial charge in [-0.25, -0.2) is 0 Å². The second-order valence-electron chi connectivity index (χ2n) is 4.35. The monoisotopic (exact) mass is 210 g/mol. The van der Waals surface area contributed by atoms with Crippen LogP contribution in [0.3, 0.4) is 0 Å². The van der Waals surface area contributed by atoms with Crippen LogP contribution in [0.5, 0.6) is 0 Å². The van der Waals surface area contributed by atoms with Crippen LogP contribution in [0.25, 0.3) is 11.1 Å². The Labute approximate surface area is 95.3 Å². The predicted molar refractivity (Wildman–Crippen MR) is 68.6 cm³/mol. The molecule has 16 heavy (non-hydrogen) atoms. The summed E-state index contributed by atoms with van der Waals surface area (Å²) in [5.41, 5.74) is 13.8. The van der Waals surface area contributed by atoms with Crippen molar-refractivity contribution in [1.29, 1.82) is 0 Å². The van der Waals surface area contributed by atoms with Crippen molar-refractivity contribution in [2.75, 3.05) is 10.9 Å². The van der Waals surface area contributed by atoms with Gasteiger partial charge in [-0.15, -0.1) is 0 Å². The van der Waals surface area contributed by atoms with Crippen LogP contribution >= 0.6 is 0 Å². The van der Waals surface area contributed by atoms with Gasteiger partial charge in [-0.3, -0.25) is 0 Å². The highest BCUT2D eigenvalue weighted by Gasteiger charge is 2.14. The van der Waals surface area contributed by atoms with Crippen LogP contribution in [-0.4, -0.2) is 0 Å². The van der Waals surface area contributed by atoms with E-state index in [1.807, 2.05) is 0 Å². The van der Waals surface area contributed by atoms with Crippen LogP contribution in [0.2, 0.25) is 0 Å². The van der Waals surface area contributed by atoms with E-state index in [0.717, 1.165) is 11.4 Å². The maximum atomic E-state index is 3.22. The molecule has 0 fully saturated rings. The minimum Gasteiger partial charge on any atom is -0.300 e. The Hall–Kier alpha value is -1.96. The van der Waals surface area contributed by atoms with Crippen LogP contribution in [0.4, 0.5) is 11.4 Å². The van der Waals surface area contributed by atoms with Gasteiger partial charge in [0.15, 0.2) is 0 Å². The smallest absolute Gasteiger partial charge is 0.0619 e. The number of hydrogen-bond donors (Lipinski definition) is 2. The third-order valence-corrected chi connectivity index (χ3v) is 2.97. The van der Waals surface area contributed by atoms with E-state index in [-0.39, 0.29) is 0 Å². The Morgan fingerprint density at radius 2 is 1.12 bits per heavy atom. The van der Waals surface area contributed by atoms with Crippen LogP contribution in [0.1, 0.15) is 11.1 Å². The summed E-state index contributed by atoms with van der Waals surface area (Å²) in [6.07, 6.45) is 0. The predicted octanol–water partition coefficient (Wildman–Crippen LogP) is 3.72. The summed E-state index contributed by atoms with van der Waals surface area (Å²) in [5.74, 6) is 0. The molecule has 80 valence electrons. The highest BCUT2D eigenvalue weighted by atomic mass is 15.4. The summed E-state index contributed by atoms with van der Waals surface area (Å²) in [7, 11) is 0. The number of aryl methyl sites for hydroxylation is 2. The summed E-state index contributed by atoms with van der Waals surface area (Å²) in [5, 5.41) is 0. The molecule has 2 heteroatoms. The second-order valence-corrected chi connectivity index (χ2v) is 4.35. The van der Waals surface area contributed by atoms with E-state index in [2.05, 4.69) is 61.1 Å². The molecule has 0 radical (unpaired) electrons. The van der Waals surface area contributed by atoms with E-state index in [0.29, 0.717) is 0 Å². The van der Waals surface area contributed by atoms with Crippen molar-refractivity contribution >= 4 is 11.4 Å². The van der Waals surface area contributed by atoms with Crippen LogP contribution in [0.15, 0.2) is 36.4 Å². The van der Waals surface area contributed by atoms with Gasteiger partial charge in [-0.1, -0.05) is 23.3 Å². The summed E-state index contributed by atoms with van der Waals surface area (Å²) in [6.45, 7) is 4.25. The van der Waals surface area contributed by atoms with Gasteiger partial charge in [0.05, 0.1) is 11.4 Å². The summed E-state index contributed by atoms with van der Waals surface area (Å²) >= 11 is 0. The molecular weight excluding hydrogens is 196 g/mol. The first kappa shape index (κ1) is 9.28. The Kier molecular flexibility index (Phi) is 1.90. The molecule has 1 aliphatic heterocycles. The number of hydrazine groups is 1. The first-order valence-electron chi connectivity index (χ1n) is 5.48. The largest absolute Gasteiger partial charge is 0.300 e. The molecule has 2 aromatic rings. The molecule has 0 bridgehead atoms. The molecular formula is C14H14N2. The zero-order chi connectivity index (χ0) is 11.1. The normalized spacial score (nSPS) is 12.1. The minimum absolute atomic E-state index is 1.14. The lowest BCUT2D eigenvalue weighted by atomic mass is 9.97. The van der Waals surface area contributed by atoms with E-state index >= 15 is 0 Å². The molecule has 2 N–H and O–H groups in total. The van der Waals surface area contributed by atoms with Crippen molar-refractivity contribution in [3.63, 3.8) is 0 Å².